The van der Waals surface area contributed by atoms with Gasteiger partial charge < -0.3 is 10.0 Å². The lowest BCUT2D eigenvalue weighted by atomic mass is 10.1. The molecule has 1 aromatic rings. The highest BCUT2D eigenvalue weighted by Gasteiger charge is 2.23. The molecule has 1 heterocycles. The Morgan fingerprint density at radius 3 is 2.59 bits per heavy atom. The normalized spacial score (nSPS) is 25.1. The third-order valence-electron chi connectivity index (χ3n) is 2.97. The zero-order chi connectivity index (χ0) is 12.4. The minimum Gasteiger partial charge on any atom is -0.392 e. The van der Waals surface area contributed by atoms with Crippen molar-refractivity contribution in [3.05, 3.63) is 28.8 Å². The Balaban J connectivity index is 2.26. The van der Waals surface area contributed by atoms with Gasteiger partial charge in [-0.1, -0.05) is 25.4 Å². The van der Waals surface area contributed by atoms with Crippen LogP contribution in [0.25, 0.3) is 0 Å². The summed E-state index contributed by atoms with van der Waals surface area (Å²) in [4.78, 5) is 2.35. The zero-order valence-electron chi connectivity index (χ0n) is 10.2. The topological polar surface area (TPSA) is 23.5 Å². The molecule has 2 nitrogen and oxygen atoms in total. The number of aliphatic hydroxyl groups excluding tert-OH is 1. The predicted molar refractivity (Wildman–Crippen MR) is 76.1 cm³/mol. The van der Waals surface area contributed by atoms with E-state index in [2.05, 4.69) is 18.7 Å². The van der Waals surface area contributed by atoms with E-state index < -0.39 is 0 Å². The molecule has 0 radical (unpaired) electrons. The Bertz CT molecular complexity index is 389. The summed E-state index contributed by atoms with van der Waals surface area (Å²) in [6.07, 6.45) is 0. The number of hydrogen-bond acceptors (Lipinski definition) is 3. The van der Waals surface area contributed by atoms with Gasteiger partial charge in [-0.3, -0.25) is 0 Å². The molecule has 1 N–H and O–H groups in total. The Hall–Kier alpha value is -0.380. The number of aliphatic hydroxyl groups is 1. The molecule has 1 aliphatic heterocycles. The van der Waals surface area contributed by atoms with Gasteiger partial charge >= 0.3 is 0 Å². The molecule has 1 aliphatic rings. The van der Waals surface area contributed by atoms with Crippen LogP contribution in [0.5, 0.6) is 0 Å². The minimum atomic E-state index is 0.0439. The van der Waals surface area contributed by atoms with Gasteiger partial charge in [-0.05, 0) is 18.2 Å². The molecule has 4 heteroatoms. The lowest BCUT2D eigenvalue weighted by Gasteiger charge is -2.37. The Kier molecular flexibility index (Phi) is 4.23. The summed E-state index contributed by atoms with van der Waals surface area (Å²) < 4.78 is 0. The fraction of sp³-hybridized carbons (Fsp3) is 0.538. The SMILES string of the molecule is CC1CN(c2ccc(Cl)cc2CO)CC(C)S1. The lowest BCUT2D eigenvalue weighted by Crippen LogP contribution is -2.40. The number of hydrogen-bond donors (Lipinski definition) is 1. The minimum absolute atomic E-state index is 0.0439. The zero-order valence-corrected chi connectivity index (χ0v) is 11.8. The molecule has 0 bridgehead atoms. The Morgan fingerprint density at radius 1 is 1.35 bits per heavy atom. The second-order valence-electron chi connectivity index (χ2n) is 4.59. The largest absolute Gasteiger partial charge is 0.392 e. The van der Waals surface area contributed by atoms with E-state index in [4.69, 9.17) is 11.6 Å². The number of thioether (sulfide) groups is 1. The van der Waals surface area contributed by atoms with Crippen LogP contribution in [0.4, 0.5) is 5.69 Å². The van der Waals surface area contributed by atoms with Gasteiger partial charge in [0.2, 0.25) is 0 Å². The summed E-state index contributed by atoms with van der Waals surface area (Å²) in [6, 6.07) is 5.77. The molecule has 2 rings (SSSR count). The number of benzene rings is 1. The van der Waals surface area contributed by atoms with E-state index in [0.29, 0.717) is 15.5 Å². The second kappa shape index (κ2) is 5.51. The van der Waals surface area contributed by atoms with Gasteiger partial charge in [-0.15, -0.1) is 0 Å². The van der Waals surface area contributed by atoms with Crippen LogP contribution >= 0.6 is 23.4 Å². The van der Waals surface area contributed by atoms with Crippen LogP contribution in [0, 0.1) is 0 Å². The van der Waals surface area contributed by atoms with Crippen LogP contribution in [0.15, 0.2) is 18.2 Å². The lowest BCUT2D eigenvalue weighted by molar-refractivity contribution is 0.282. The van der Waals surface area contributed by atoms with Gasteiger partial charge in [0.25, 0.3) is 0 Å². The highest BCUT2D eigenvalue weighted by atomic mass is 35.5. The van der Waals surface area contributed by atoms with Gasteiger partial charge in [0, 0.05) is 39.9 Å². The van der Waals surface area contributed by atoms with Crippen LogP contribution in [-0.2, 0) is 6.61 Å². The van der Waals surface area contributed by atoms with Gasteiger partial charge in [0.15, 0.2) is 0 Å². The summed E-state index contributed by atoms with van der Waals surface area (Å²) in [5.74, 6) is 0. The van der Waals surface area contributed by atoms with E-state index in [1.165, 1.54) is 0 Å². The third-order valence-corrected chi connectivity index (χ3v) is 4.43. The van der Waals surface area contributed by atoms with Crippen molar-refractivity contribution in [1.82, 2.24) is 0 Å². The maximum absolute atomic E-state index is 9.41. The number of halogens is 1. The average Bonchev–Trinajstić information content (AvgIpc) is 2.27. The third kappa shape index (κ3) is 3.09. The maximum Gasteiger partial charge on any atom is 0.0702 e. The van der Waals surface area contributed by atoms with E-state index in [1.54, 1.807) is 0 Å². The number of rotatable bonds is 2. The summed E-state index contributed by atoms with van der Waals surface area (Å²) in [5, 5.41) is 11.4. The molecule has 1 fully saturated rings. The smallest absolute Gasteiger partial charge is 0.0702 e. The molecule has 2 unspecified atom stereocenters. The van der Waals surface area contributed by atoms with E-state index in [0.717, 1.165) is 24.3 Å². The summed E-state index contributed by atoms with van der Waals surface area (Å²) in [6.45, 7) is 6.61. The van der Waals surface area contributed by atoms with Crippen molar-refractivity contribution in [2.24, 2.45) is 0 Å². The molecule has 1 aromatic carbocycles. The molecule has 94 valence electrons. The predicted octanol–water partition coefficient (Wildman–Crippen LogP) is 3.16. The number of nitrogens with zero attached hydrogens (tertiary/aromatic N) is 1. The molecule has 1 saturated heterocycles. The van der Waals surface area contributed by atoms with Gasteiger partial charge in [-0.25, -0.2) is 0 Å². The summed E-state index contributed by atoms with van der Waals surface area (Å²) >= 11 is 7.98. The fourth-order valence-electron chi connectivity index (χ4n) is 2.36. The molecule has 0 aromatic heterocycles. The molecular weight excluding hydrogens is 254 g/mol. The first-order valence-electron chi connectivity index (χ1n) is 5.90. The highest BCUT2D eigenvalue weighted by Crippen LogP contribution is 2.31. The summed E-state index contributed by atoms with van der Waals surface area (Å²) in [7, 11) is 0. The van der Waals surface area contributed by atoms with Crippen LogP contribution in [-0.4, -0.2) is 28.7 Å². The van der Waals surface area contributed by atoms with Crippen molar-refractivity contribution >= 4 is 29.1 Å². The van der Waals surface area contributed by atoms with Crippen molar-refractivity contribution in [2.75, 3.05) is 18.0 Å². The van der Waals surface area contributed by atoms with Gasteiger partial charge in [0.05, 0.1) is 6.61 Å². The summed E-state index contributed by atoms with van der Waals surface area (Å²) in [5.41, 5.74) is 2.04. The van der Waals surface area contributed by atoms with Gasteiger partial charge in [0.1, 0.15) is 0 Å². The monoisotopic (exact) mass is 271 g/mol. The van der Waals surface area contributed by atoms with Crippen molar-refractivity contribution in [2.45, 2.75) is 31.0 Å². The van der Waals surface area contributed by atoms with Crippen LogP contribution in [0.1, 0.15) is 19.4 Å². The Morgan fingerprint density at radius 2 is 2.00 bits per heavy atom. The van der Waals surface area contributed by atoms with Crippen molar-refractivity contribution < 1.29 is 5.11 Å². The Labute approximate surface area is 112 Å². The van der Waals surface area contributed by atoms with Crippen LogP contribution in [0.2, 0.25) is 5.02 Å². The first-order chi connectivity index (χ1) is 8.10. The number of anilines is 1. The second-order valence-corrected chi connectivity index (χ2v) is 6.91. The standard InChI is InChI=1S/C13H18ClNOS/c1-9-6-15(7-10(2)17-9)13-4-3-12(14)5-11(13)8-16/h3-5,9-10,16H,6-8H2,1-2H3. The molecule has 2 atom stereocenters. The average molecular weight is 272 g/mol. The molecule has 0 spiro atoms. The van der Waals surface area contributed by atoms with Crippen LogP contribution in [0.3, 0.4) is 0 Å². The van der Waals surface area contributed by atoms with E-state index in [9.17, 15) is 5.11 Å². The highest BCUT2D eigenvalue weighted by molar-refractivity contribution is 8.00. The van der Waals surface area contributed by atoms with E-state index >= 15 is 0 Å². The first kappa shape index (κ1) is 13.1. The van der Waals surface area contributed by atoms with Gasteiger partial charge in [-0.2, -0.15) is 11.8 Å². The van der Waals surface area contributed by atoms with E-state index in [1.807, 2.05) is 30.0 Å². The van der Waals surface area contributed by atoms with Crippen molar-refractivity contribution in [3.63, 3.8) is 0 Å². The fourth-order valence-corrected chi connectivity index (χ4v) is 3.88. The molecule has 17 heavy (non-hydrogen) atoms. The van der Waals surface area contributed by atoms with E-state index in [-0.39, 0.29) is 6.61 Å². The quantitative estimate of drug-likeness (QED) is 0.894. The molecule has 0 amide bonds. The molecule has 0 aliphatic carbocycles. The van der Waals surface area contributed by atoms with Crippen molar-refractivity contribution in [3.8, 4) is 0 Å². The van der Waals surface area contributed by atoms with Crippen molar-refractivity contribution in [1.29, 1.82) is 0 Å². The maximum atomic E-state index is 9.41. The molecule has 0 saturated carbocycles. The molecular formula is C13H18ClNOS. The first-order valence-corrected chi connectivity index (χ1v) is 7.22. The van der Waals surface area contributed by atoms with Crippen LogP contribution < -0.4 is 4.90 Å².